The van der Waals surface area contributed by atoms with Crippen molar-refractivity contribution in [1.82, 2.24) is 19.4 Å². The molecule has 15 heteroatoms. The van der Waals surface area contributed by atoms with Gasteiger partial charge in [0.05, 0.1) is 17.5 Å². The van der Waals surface area contributed by atoms with Crippen molar-refractivity contribution in [1.29, 1.82) is 0 Å². The van der Waals surface area contributed by atoms with Crippen LogP contribution in [0.25, 0.3) is 16.7 Å². The molecule has 0 fully saturated rings. The lowest BCUT2D eigenvalue weighted by Gasteiger charge is -2.11. The van der Waals surface area contributed by atoms with Crippen LogP contribution in [0.4, 0.5) is 27.6 Å². The Balaban J connectivity index is 0.000000644. The zero-order chi connectivity index (χ0) is 34.3. The van der Waals surface area contributed by atoms with Crippen LogP contribution in [0.1, 0.15) is 15.9 Å². The molecule has 0 aliphatic carbocycles. The van der Waals surface area contributed by atoms with Gasteiger partial charge in [0.15, 0.2) is 11.6 Å². The number of halogens is 5. The summed E-state index contributed by atoms with van der Waals surface area (Å²) in [5.74, 6) is 1.77. The van der Waals surface area contributed by atoms with E-state index in [2.05, 4.69) is 27.1 Å². The second-order valence-electron chi connectivity index (χ2n) is 9.85. The minimum absolute atomic E-state index is 0.0720. The number of hydrogen-bond donors (Lipinski definition) is 3. The van der Waals surface area contributed by atoms with Crippen molar-refractivity contribution in [3.05, 3.63) is 112 Å². The third kappa shape index (κ3) is 8.59. The number of alkyl halides is 3. The number of fused-ring (bicyclic) bond motifs is 1. The molecule has 0 saturated carbocycles. The van der Waals surface area contributed by atoms with Gasteiger partial charge >= 0.3 is 12.1 Å². The smallest absolute Gasteiger partial charge is 0.475 e. The van der Waals surface area contributed by atoms with Crippen LogP contribution < -0.4 is 15.6 Å². The number of carbonyl (C=O) groups is 2. The highest BCUT2D eigenvalue weighted by Crippen LogP contribution is 2.33. The molecule has 0 saturated heterocycles. The fourth-order valence-corrected chi connectivity index (χ4v) is 3.95. The molecule has 0 aliphatic heterocycles. The Morgan fingerprint density at radius 2 is 1.77 bits per heavy atom. The van der Waals surface area contributed by atoms with E-state index in [1.807, 2.05) is 19.0 Å². The van der Waals surface area contributed by atoms with Crippen LogP contribution in [0.2, 0.25) is 0 Å². The Kier molecular flexibility index (Phi) is 10.4. The highest BCUT2D eigenvalue weighted by molar-refractivity contribution is 6.04. The number of pyridine rings is 2. The molecule has 2 aromatic carbocycles. The number of ether oxygens (including phenoxy) is 1. The Morgan fingerprint density at radius 1 is 1.06 bits per heavy atom. The van der Waals surface area contributed by atoms with Crippen molar-refractivity contribution >= 4 is 28.6 Å². The first-order chi connectivity index (χ1) is 22.2. The number of rotatable bonds is 6. The Bertz CT molecular complexity index is 2040. The van der Waals surface area contributed by atoms with E-state index in [0.29, 0.717) is 34.6 Å². The number of benzene rings is 2. The second-order valence-corrected chi connectivity index (χ2v) is 9.85. The molecule has 3 aromatic heterocycles. The summed E-state index contributed by atoms with van der Waals surface area (Å²) in [7, 11) is 3.83. The molecular weight excluding hydrogens is 629 g/mol. The number of hydrogen-bond acceptors (Lipinski definition) is 6. The third-order valence-corrected chi connectivity index (χ3v) is 6.10. The minimum Gasteiger partial charge on any atom is -0.475 e. The number of carboxylic acid groups (broad SMARTS) is 1. The topological polar surface area (TPSA) is 130 Å². The van der Waals surface area contributed by atoms with Crippen LogP contribution in [0.5, 0.6) is 11.5 Å². The molecule has 0 bridgehead atoms. The number of nitrogens with zero attached hydrogens (tertiary/aromatic N) is 3. The molecule has 0 spiro atoms. The maximum Gasteiger partial charge on any atom is 0.490 e. The molecule has 5 rings (SSSR count). The van der Waals surface area contributed by atoms with Crippen LogP contribution in [-0.4, -0.2) is 63.2 Å². The second kappa shape index (κ2) is 14.4. The summed E-state index contributed by atoms with van der Waals surface area (Å²) >= 11 is 0. The maximum atomic E-state index is 15.1. The molecule has 0 aliphatic rings. The Morgan fingerprint density at radius 3 is 2.40 bits per heavy atom. The molecule has 242 valence electrons. The lowest BCUT2D eigenvalue weighted by atomic mass is 10.2. The van der Waals surface area contributed by atoms with Gasteiger partial charge in [-0.05, 0) is 68.7 Å². The zero-order valence-electron chi connectivity index (χ0n) is 24.5. The number of anilines is 1. The van der Waals surface area contributed by atoms with Crippen LogP contribution in [-0.2, 0) is 4.79 Å². The van der Waals surface area contributed by atoms with Crippen molar-refractivity contribution in [2.24, 2.45) is 0 Å². The number of aromatic amines is 1. The SMILES string of the molecule is CN(C)CC#Cc1c[nH]c2nccc(Oc3ccc(NC(=O)c4cccn(-c5ccc(F)cc5)c4=O)cc3F)c12.O=C(O)C(F)(F)F. The predicted molar refractivity (Wildman–Crippen MR) is 162 cm³/mol. The lowest BCUT2D eigenvalue weighted by Crippen LogP contribution is -2.27. The van der Waals surface area contributed by atoms with Crippen molar-refractivity contribution in [2.75, 3.05) is 26.0 Å². The highest BCUT2D eigenvalue weighted by Gasteiger charge is 2.38. The third-order valence-electron chi connectivity index (χ3n) is 6.10. The molecule has 47 heavy (non-hydrogen) atoms. The summed E-state index contributed by atoms with van der Waals surface area (Å²) in [6.45, 7) is 0.563. The van der Waals surface area contributed by atoms with E-state index in [-0.39, 0.29) is 17.0 Å². The quantitative estimate of drug-likeness (QED) is 0.161. The molecule has 10 nitrogen and oxygen atoms in total. The number of carboxylic acids is 1. The van der Waals surface area contributed by atoms with Crippen molar-refractivity contribution in [2.45, 2.75) is 6.18 Å². The number of aromatic nitrogens is 3. The van der Waals surface area contributed by atoms with E-state index in [0.717, 1.165) is 6.07 Å². The maximum absolute atomic E-state index is 15.1. The first-order valence-corrected chi connectivity index (χ1v) is 13.4. The van der Waals surface area contributed by atoms with E-state index >= 15 is 4.39 Å². The first kappa shape index (κ1) is 33.9. The van der Waals surface area contributed by atoms with E-state index in [9.17, 15) is 27.2 Å². The molecule has 0 unspecified atom stereocenters. The molecule has 0 radical (unpaired) electrons. The van der Waals surface area contributed by atoms with Gasteiger partial charge < -0.3 is 20.1 Å². The predicted octanol–water partition coefficient (Wildman–Crippen LogP) is 5.58. The van der Waals surface area contributed by atoms with Crippen molar-refractivity contribution in [3.8, 4) is 29.0 Å². The number of nitrogens with one attached hydrogen (secondary N) is 2. The summed E-state index contributed by atoms with van der Waals surface area (Å²) in [6, 6.07) is 13.7. The monoisotopic (exact) mass is 653 g/mol. The minimum atomic E-state index is -5.08. The fraction of sp³-hybridized carbons (Fsp3) is 0.125. The molecular formula is C32H24F5N5O5. The summed E-state index contributed by atoms with van der Waals surface area (Å²) in [5.41, 5.74) is 0.964. The van der Waals surface area contributed by atoms with Gasteiger partial charge in [-0.15, -0.1) is 0 Å². The van der Waals surface area contributed by atoms with E-state index < -0.39 is 35.2 Å². The van der Waals surface area contributed by atoms with Gasteiger partial charge in [-0.3, -0.25) is 19.1 Å². The standard InChI is InChI=1S/C30H23F2N5O3.C2HF3O2/c1-36(2)15-3-5-19-18-34-28-27(19)26(13-14-33-28)40-25-12-9-21(17-24(25)32)35-29(38)23-6-4-16-37(30(23)39)22-10-7-20(31)8-11-22;3-2(4,5)1(6)7/h4,6-14,16-18H,15H2,1-2H3,(H,33,34)(H,35,38);(H,6,7). The van der Waals surface area contributed by atoms with Crippen molar-refractivity contribution < 1.29 is 41.4 Å². The van der Waals surface area contributed by atoms with E-state index in [1.165, 1.54) is 65.5 Å². The van der Waals surface area contributed by atoms with Gasteiger partial charge in [0, 0.05) is 36.0 Å². The summed E-state index contributed by atoms with van der Waals surface area (Å²) in [4.78, 5) is 44.0. The highest BCUT2D eigenvalue weighted by atomic mass is 19.4. The summed E-state index contributed by atoms with van der Waals surface area (Å²) in [5, 5.41) is 10.3. The van der Waals surface area contributed by atoms with E-state index in [4.69, 9.17) is 14.6 Å². The molecule has 5 aromatic rings. The normalized spacial score (nSPS) is 10.9. The van der Waals surface area contributed by atoms with Gasteiger partial charge in [-0.1, -0.05) is 11.8 Å². The average Bonchev–Trinajstić information content (AvgIpc) is 3.42. The average molecular weight is 654 g/mol. The van der Waals surface area contributed by atoms with Gasteiger partial charge in [0.2, 0.25) is 0 Å². The molecule has 3 N–H and O–H groups in total. The fourth-order valence-electron chi connectivity index (χ4n) is 3.95. The summed E-state index contributed by atoms with van der Waals surface area (Å²) in [6.07, 6.45) is -0.357. The number of H-pyrrole nitrogens is 1. The molecule has 0 atom stereocenters. The van der Waals surface area contributed by atoms with Gasteiger partial charge in [0.25, 0.3) is 11.5 Å². The van der Waals surface area contributed by atoms with Gasteiger partial charge in [-0.2, -0.15) is 13.2 Å². The number of amides is 1. The van der Waals surface area contributed by atoms with Gasteiger partial charge in [-0.25, -0.2) is 18.6 Å². The largest absolute Gasteiger partial charge is 0.490 e. The summed E-state index contributed by atoms with van der Waals surface area (Å²) < 4.78 is 67.2. The Labute approximate surface area is 263 Å². The molecule has 1 amide bonds. The zero-order valence-corrected chi connectivity index (χ0v) is 24.5. The lowest BCUT2D eigenvalue weighted by molar-refractivity contribution is -0.192. The number of carbonyl (C=O) groups excluding carboxylic acids is 1. The van der Waals surface area contributed by atoms with Crippen LogP contribution >= 0.6 is 0 Å². The number of aliphatic carboxylic acids is 1. The first-order valence-electron chi connectivity index (χ1n) is 13.4. The Hall–Kier alpha value is -6.01. The van der Waals surface area contributed by atoms with Gasteiger partial charge in [0.1, 0.15) is 22.8 Å². The van der Waals surface area contributed by atoms with E-state index in [1.54, 1.807) is 12.3 Å². The van der Waals surface area contributed by atoms with Crippen LogP contribution in [0.3, 0.4) is 0 Å². The van der Waals surface area contributed by atoms with Crippen molar-refractivity contribution in [3.63, 3.8) is 0 Å². The van der Waals surface area contributed by atoms with Crippen LogP contribution in [0.15, 0.2) is 84.0 Å². The van der Waals surface area contributed by atoms with Crippen LogP contribution in [0, 0.1) is 23.5 Å². The molecule has 3 heterocycles.